The van der Waals surface area contributed by atoms with Crippen molar-refractivity contribution in [2.24, 2.45) is 0 Å². The van der Waals surface area contributed by atoms with Crippen LogP contribution in [0.4, 0.5) is 0 Å². The van der Waals surface area contributed by atoms with Gasteiger partial charge in [-0.25, -0.2) is 0 Å². The van der Waals surface area contributed by atoms with E-state index < -0.39 is 0 Å². The Kier molecular flexibility index (Phi) is 184. The zero-order valence-electron chi connectivity index (χ0n) is 1.89. The third kappa shape index (κ3) is 8.98. The van der Waals surface area contributed by atoms with Crippen LogP contribution in [0.2, 0.25) is 0 Å². The number of hydrogen-bond acceptors (Lipinski definition) is 1. The van der Waals surface area contributed by atoms with E-state index in [-0.39, 0.29) is 72.7 Å². The van der Waals surface area contributed by atoms with Crippen LogP contribution in [-0.4, -0.2) is 43.2 Å². The van der Waals surface area contributed by atoms with Crippen LogP contribution in [0.1, 0.15) is 0 Å². The topological polar surface area (TPSA) is 30.0 Å². The molecule has 0 rings (SSSR count). The number of hydrogen-bond donors (Lipinski definition) is 0. The molecule has 0 aromatic heterocycles. The number of rotatable bonds is 0. The summed E-state index contributed by atoms with van der Waals surface area (Å²) in [4.78, 5) is 0. The molecule has 0 aliphatic rings. The maximum absolute atomic E-state index is 0. The van der Waals surface area contributed by atoms with Crippen molar-refractivity contribution in [2.75, 3.05) is 0 Å². The molecule has 0 aliphatic heterocycles. The van der Waals surface area contributed by atoms with Gasteiger partial charge in [-0.3, -0.25) is 0 Å². The summed E-state index contributed by atoms with van der Waals surface area (Å²) in [5.41, 5.74) is 0. The van der Waals surface area contributed by atoms with Gasteiger partial charge in [-0.05, 0) is 0 Å². The summed E-state index contributed by atoms with van der Waals surface area (Å²) in [6, 6.07) is 0. The molecule has 0 heterocycles. The average molecular weight is 148 g/mol. The molecule has 0 spiro atoms. The third-order valence-corrected chi connectivity index (χ3v) is 0. The maximum Gasteiger partial charge on any atom is 2.00 e. The molecule has 0 saturated carbocycles. The van der Waals surface area contributed by atoms with Crippen LogP contribution < -0.4 is 12.4 Å². The molecule has 24 valence electrons. The van der Waals surface area contributed by atoms with E-state index >= 15 is 0 Å². The fraction of sp³-hybridized carbons (Fsp3) is 0. The molecule has 4 heavy (non-hydrogen) atoms. The number of halogens is 1. The van der Waals surface area contributed by atoms with Crippen molar-refractivity contribution >= 4 is 37.7 Å². The van der Waals surface area contributed by atoms with Crippen LogP contribution >= 0.6 is 0 Å². The maximum atomic E-state index is 0. The summed E-state index contributed by atoms with van der Waals surface area (Å²) in [6.07, 6.45) is 0. The second-order valence-electron chi connectivity index (χ2n) is 0. The zero-order chi connectivity index (χ0) is 0. The van der Waals surface area contributed by atoms with Crippen LogP contribution in [0.25, 0.3) is 0 Å². The summed E-state index contributed by atoms with van der Waals surface area (Å²) >= 11 is 0. The van der Waals surface area contributed by atoms with E-state index in [0.29, 0.717) is 0 Å². The predicted molar refractivity (Wildman–Crippen MR) is 7.69 cm³/mol. The van der Waals surface area contributed by atoms with Crippen molar-refractivity contribution in [1.29, 1.82) is 0 Å². The van der Waals surface area contributed by atoms with Crippen molar-refractivity contribution < 1.29 is 35.0 Å². The molecule has 0 atom stereocenters. The normalized spacial score (nSPS) is 0. The van der Waals surface area contributed by atoms with Gasteiger partial charge in [0.25, 0.3) is 0 Å². The summed E-state index contributed by atoms with van der Waals surface area (Å²) in [7, 11) is 0. The molecule has 0 aromatic carbocycles. The Morgan fingerprint density at radius 2 is 1.00 bits per heavy atom. The molecule has 0 unspecified atom stereocenters. The Hall–Kier alpha value is 2.03. The minimum Gasteiger partial charge on any atom is -1.00 e. The van der Waals surface area contributed by atoms with Crippen molar-refractivity contribution in [3.63, 3.8) is 0 Å². The van der Waals surface area contributed by atoms with Gasteiger partial charge in [-0.1, -0.05) is 0 Å². The van der Waals surface area contributed by atoms with E-state index in [1.807, 2.05) is 0 Å². The Balaban J connectivity index is 0. The van der Waals surface area contributed by atoms with Gasteiger partial charge in [0.15, 0.2) is 0 Å². The standard InChI is InChI=1S/Ca.ClH.Fe.H2O/h;1H;;1H2/q+2;;;/p-2. The molecule has 0 saturated heterocycles. The van der Waals surface area contributed by atoms with Crippen LogP contribution in [0.15, 0.2) is 0 Å². The molecular weight excluding hydrogens is 147 g/mol. The van der Waals surface area contributed by atoms with Gasteiger partial charge in [0.1, 0.15) is 0 Å². The summed E-state index contributed by atoms with van der Waals surface area (Å²) in [5, 5.41) is 0. The Labute approximate surface area is 71.7 Å². The van der Waals surface area contributed by atoms with Gasteiger partial charge in [-0.2, -0.15) is 0 Å². The average Bonchev–Trinajstić information content (AvgIpc) is 0. The molecule has 0 fully saturated rings. The molecule has 4 heteroatoms. The Morgan fingerprint density at radius 1 is 1.00 bits per heavy atom. The van der Waals surface area contributed by atoms with Crippen molar-refractivity contribution in [2.45, 2.75) is 0 Å². The zero-order valence-corrected chi connectivity index (χ0v) is 5.95. The van der Waals surface area contributed by atoms with Gasteiger partial charge in [0, 0.05) is 17.1 Å². The predicted octanol–water partition coefficient (Wildman–Crippen LogP) is -3.56. The van der Waals surface area contributed by atoms with Gasteiger partial charge < -0.3 is 17.9 Å². The SMILES string of the molecule is [Ca+2].[Cl-].[Fe].[OH-]. The van der Waals surface area contributed by atoms with Crippen LogP contribution in [0.3, 0.4) is 0 Å². The fourth-order valence-electron chi connectivity index (χ4n) is 0. The molecule has 0 amide bonds. The van der Waals surface area contributed by atoms with E-state index in [1.165, 1.54) is 0 Å². The molecule has 0 bridgehead atoms. The van der Waals surface area contributed by atoms with Gasteiger partial charge >= 0.3 is 37.7 Å². The Bertz CT molecular complexity index is 8.00. The molecule has 0 radical (unpaired) electrons. The summed E-state index contributed by atoms with van der Waals surface area (Å²) in [5.74, 6) is 0. The Morgan fingerprint density at radius 3 is 1.00 bits per heavy atom. The minimum absolute atomic E-state index is 0. The first kappa shape index (κ1) is 37.0. The molecule has 0 aliphatic carbocycles. The first-order valence-electron chi connectivity index (χ1n) is 0. The third-order valence-electron chi connectivity index (χ3n) is 0. The van der Waals surface area contributed by atoms with E-state index in [4.69, 9.17) is 0 Å². The van der Waals surface area contributed by atoms with Crippen LogP contribution in [-0.2, 0) is 17.1 Å². The van der Waals surface area contributed by atoms with Crippen LogP contribution in [0, 0.1) is 0 Å². The van der Waals surface area contributed by atoms with Crippen molar-refractivity contribution in [1.82, 2.24) is 0 Å². The minimum atomic E-state index is 0. The summed E-state index contributed by atoms with van der Waals surface area (Å²) < 4.78 is 0. The first-order valence-corrected chi connectivity index (χ1v) is 0. The van der Waals surface area contributed by atoms with E-state index in [2.05, 4.69) is 0 Å². The van der Waals surface area contributed by atoms with Gasteiger partial charge in [0.2, 0.25) is 0 Å². The second-order valence-corrected chi connectivity index (χ2v) is 0. The largest absolute Gasteiger partial charge is 2.00 e. The smallest absolute Gasteiger partial charge is 1.00 e. The van der Waals surface area contributed by atoms with Gasteiger partial charge in [0.05, 0.1) is 0 Å². The monoisotopic (exact) mass is 148 g/mol. The van der Waals surface area contributed by atoms with Crippen LogP contribution in [0.5, 0.6) is 0 Å². The van der Waals surface area contributed by atoms with Crippen molar-refractivity contribution in [3.05, 3.63) is 0 Å². The van der Waals surface area contributed by atoms with E-state index in [0.717, 1.165) is 0 Å². The summed E-state index contributed by atoms with van der Waals surface area (Å²) in [6.45, 7) is 0. The van der Waals surface area contributed by atoms with E-state index in [1.54, 1.807) is 0 Å². The first-order chi connectivity index (χ1) is 0. The molecule has 1 N–H and O–H groups in total. The van der Waals surface area contributed by atoms with Gasteiger partial charge in [-0.15, -0.1) is 0 Å². The van der Waals surface area contributed by atoms with Crippen molar-refractivity contribution in [3.8, 4) is 0 Å². The fourth-order valence-corrected chi connectivity index (χ4v) is 0. The quantitative estimate of drug-likeness (QED) is 0.327. The second kappa shape index (κ2) is 19.8. The molecule has 1 nitrogen and oxygen atoms in total. The van der Waals surface area contributed by atoms with E-state index in [9.17, 15) is 0 Å². The molecular formula is HCaClFeO. The molecule has 0 aromatic rings.